The lowest BCUT2D eigenvalue weighted by Crippen LogP contribution is -2.43. The molecule has 0 aliphatic carbocycles. The van der Waals surface area contributed by atoms with Crippen LogP contribution in [0.5, 0.6) is 0 Å². The van der Waals surface area contributed by atoms with Crippen molar-refractivity contribution in [2.24, 2.45) is 5.92 Å². The fourth-order valence-electron chi connectivity index (χ4n) is 4.08. The molecular formula is C28H28FN3O4. The Balaban J connectivity index is 1.58. The zero-order valence-corrected chi connectivity index (χ0v) is 20.1. The van der Waals surface area contributed by atoms with Crippen molar-refractivity contribution >= 4 is 29.3 Å². The number of ether oxygens (including phenoxy) is 1. The van der Waals surface area contributed by atoms with Crippen LogP contribution >= 0.6 is 0 Å². The Bertz CT molecular complexity index is 1210. The summed E-state index contributed by atoms with van der Waals surface area (Å²) in [6.07, 6.45) is -1.08. The molecule has 3 amide bonds. The highest BCUT2D eigenvalue weighted by molar-refractivity contribution is 5.98. The summed E-state index contributed by atoms with van der Waals surface area (Å²) in [5, 5.41) is 5.61. The lowest BCUT2D eigenvalue weighted by molar-refractivity contribution is -0.121. The molecule has 3 aromatic carbocycles. The fourth-order valence-corrected chi connectivity index (χ4v) is 4.08. The van der Waals surface area contributed by atoms with Gasteiger partial charge in [0, 0.05) is 17.8 Å². The van der Waals surface area contributed by atoms with Crippen LogP contribution in [0.4, 0.5) is 20.6 Å². The van der Waals surface area contributed by atoms with E-state index in [4.69, 9.17) is 4.74 Å². The molecule has 2 N–H and O–H groups in total. The maximum absolute atomic E-state index is 13.4. The first-order chi connectivity index (χ1) is 17.3. The third-order valence-electron chi connectivity index (χ3n) is 5.78. The van der Waals surface area contributed by atoms with Crippen molar-refractivity contribution < 1.29 is 23.5 Å². The van der Waals surface area contributed by atoms with Crippen molar-refractivity contribution in [1.82, 2.24) is 4.90 Å². The molecule has 3 aromatic rings. The Morgan fingerprint density at radius 1 is 0.917 bits per heavy atom. The molecule has 36 heavy (non-hydrogen) atoms. The number of hydrogen-bond acceptors (Lipinski definition) is 4. The predicted octanol–water partition coefficient (Wildman–Crippen LogP) is 5.51. The molecule has 1 heterocycles. The van der Waals surface area contributed by atoms with Gasteiger partial charge in [-0.15, -0.1) is 0 Å². The highest BCUT2D eigenvalue weighted by atomic mass is 19.1. The second-order valence-corrected chi connectivity index (χ2v) is 9.13. The van der Waals surface area contributed by atoms with E-state index in [1.165, 1.54) is 29.2 Å². The van der Waals surface area contributed by atoms with Gasteiger partial charge in [-0.3, -0.25) is 14.5 Å². The maximum atomic E-state index is 13.4. The van der Waals surface area contributed by atoms with E-state index in [0.29, 0.717) is 23.4 Å². The summed E-state index contributed by atoms with van der Waals surface area (Å²) in [6.45, 7) is 4.12. The Morgan fingerprint density at radius 3 is 2.17 bits per heavy atom. The standard InChI is InChI=1S/C28H28FN3O4/c1-18(2)16-24(33)30-22-12-8-20(9-13-22)26-25(27(34)31-23-14-10-21(29)11-15-23)32(28(35)36-26)17-19-6-4-3-5-7-19/h3-15,18,25-26H,16-17H2,1-2H3,(H,30,33)(H,31,34)/t25-,26-/m1/s1. The average molecular weight is 490 g/mol. The van der Waals surface area contributed by atoms with E-state index in [2.05, 4.69) is 10.6 Å². The summed E-state index contributed by atoms with van der Waals surface area (Å²) in [5.41, 5.74) is 2.47. The first kappa shape index (κ1) is 24.9. The highest BCUT2D eigenvalue weighted by Crippen LogP contribution is 2.35. The summed E-state index contributed by atoms with van der Waals surface area (Å²) >= 11 is 0. The van der Waals surface area contributed by atoms with Gasteiger partial charge in [0.15, 0.2) is 12.1 Å². The summed E-state index contributed by atoms with van der Waals surface area (Å²) in [7, 11) is 0. The van der Waals surface area contributed by atoms with Crippen LogP contribution in [0.1, 0.15) is 37.5 Å². The van der Waals surface area contributed by atoms with Crippen LogP contribution in [-0.2, 0) is 20.9 Å². The lowest BCUT2D eigenvalue weighted by Gasteiger charge is -2.24. The number of amides is 3. The Kier molecular flexibility index (Phi) is 7.63. The molecule has 8 heteroatoms. The van der Waals surface area contributed by atoms with E-state index in [1.54, 1.807) is 24.3 Å². The van der Waals surface area contributed by atoms with Gasteiger partial charge < -0.3 is 15.4 Å². The van der Waals surface area contributed by atoms with Gasteiger partial charge in [0.1, 0.15) is 5.82 Å². The first-order valence-electron chi connectivity index (χ1n) is 11.8. The van der Waals surface area contributed by atoms with E-state index >= 15 is 0 Å². The molecule has 0 unspecified atom stereocenters. The molecular weight excluding hydrogens is 461 g/mol. The van der Waals surface area contributed by atoms with Crippen LogP contribution in [0, 0.1) is 11.7 Å². The van der Waals surface area contributed by atoms with Crippen molar-refractivity contribution in [1.29, 1.82) is 0 Å². The largest absolute Gasteiger partial charge is 0.438 e. The minimum absolute atomic E-state index is 0.0874. The third-order valence-corrected chi connectivity index (χ3v) is 5.78. The van der Waals surface area contributed by atoms with Gasteiger partial charge in [-0.25, -0.2) is 9.18 Å². The normalized spacial score (nSPS) is 17.1. The number of halogens is 1. The highest BCUT2D eigenvalue weighted by Gasteiger charge is 2.47. The Hall–Kier alpha value is -4.20. The van der Waals surface area contributed by atoms with Gasteiger partial charge >= 0.3 is 6.09 Å². The average Bonchev–Trinajstić information content (AvgIpc) is 3.17. The fraction of sp³-hybridized carbons (Fsp3) is 0.250. The lowest BCUT2D eigenvalue weighted by atomic mass is 10.00. The topological polar surface area (TPSA) is 87.7 Å². The van der Waals surface area contributed by atoms with Crippen LogP contribution in [0.3, 0.4) is 0 Å². The van der Waals surface area contributed by atoms with Crippen molar-refractivity contribution in [3.63, 3.8) is 0 Å². The quantitative estimate of drug-likeness (QED) is 0.437. The van der Waals surface area contributed by atoms with Crippen LogP contribution in [0.15, 0.2) is 78.9 Å². The zero-order valence-electron chi connectivity index (χ0n) is 20.1. The van der Waals surface area contributed by atoms with Crippen molar-refractivity contribution in [2.75, 3.05) is 10.6 Å². The molecule has 1 fully saturated rings. The number of benzene rings is 3. The zero-order chi connectivity index (χ0) is 25.7. The molecule has 2 atom stereocenters. The Morgan fingerprint density at radius 2 is 1.53 bits per heavy atom. The number of cyclic esters (lactones) is 1. The minimum Gasteiger partial charge on any atom is -0.438 e. The van der Waals surface area contributed by atoms with Gasteiger partial charge in [-0.1, -0.05) is 56.3 Å². The van der Waals surface area contributed by atoms with Crippen LogP contribution in [0.25, 0.3) is 0 Å². The minimum atomic E-state index is -0.968. The number of rotatable bonds is 8. The summed E-state index contributed by atoms with van der Waals surface area (Å²) in [5.74, 6) is -0.729. The number of hydrogen-bond donors (Lipinski definition) is 2. The Labute approximate surface area is 209 Å². The van der Waals surface area contributed by atoms with E-state index in [0.717, 1.165) is 5.56 Å². The summed E-state index contributed by atoms with van der Waals surface area (Å²) < 4.78 is 19.0. The molecule has 1 aliphatic heterocycles. The van der Waals surface area contributed by atoms with Crippen LogP contribution < -0.4 is 10.6 Å². The number of anilines is 2. The third kappa shape index (κ3) is 6.07. The molecule has 0 bridgehead atoms. The van der Waals surface area contributed by atoms with Crippen molar-refractivity contribution in [3.05, 3.63) is 95.8 Å². The van der Waals surface area contributed by atoms with Gasteiger partial charge in [0.05, 0.1) is 6.54 Å². The molecule has 4 rings (SSSR count). The second kappa shape index (κ2) is 11.0. The van der Waals surface area contributed by atoms with Gasteiger partial charge in [0.2, 0.25) is 5.91 Å². The number of carbonyl (C=O) groups is 3. The SMILES string of the molecule is CC(C)CC(=O)Nc1ccc([C@H]2OC(=O)N(Cc3ccccc3)[C@H]2C(=O)Nc2ccc(F)cc2)cc1. The van der Waals surface area contributed by atoms with Crippen molar-refractivity contribution in [3.8, 4) is 0 Å². The van der Waals surface area contributed by atoms with Gasteiger partial charge in [-0.05, 0) is 53.4 Å². The number of carbonyl (C=O) groups excluding carboxylic acids is 3. The first-order valence-corrected chi connectivity index (χ1v) is 11.8. The van der Waals surface area contributed by atoms with E-state index in [1.807, 2.05) is 44.2 Å². The molecule has 0 spiro atoms. The molecule has 186 valence electrons. The molecule has 7 nitrogen and oxygen atoms in total. The molecule has 1 aliphatic rings. The summed E-state index contributed by atoms with van der Waals surface area (Å²) in [6, 6.07) is 20.6. The van der Waals surface area contributed by atoms with E-state index in [9.17, 15) is 18.8 Å². The smallest absolute Gasteiger partial charge is 0.411 e. The van der Waals surface area contributed by atoms with Crippen LogP contribution in [0.2, 0.25) is 0 Å². The van der Waals surface area contributed by atoms with Gasteiger partial charge in [-0.2, -0.15) is 0 Å². The molecule has 1 saturated heterocycles. The van der Waals surface area contributed by atoms with Crippen LogP contribution in [-0.4, -0.2) is 28.8 Å². The van der Waals surface area contributed by atoms with E-state index in [-0.39, 0.29) is 18.4 Å². The maximum Gasteiger partial charge on any atom is 0.411 e. The molecule has 0 saturated carbocycles. The monoisotopic (exact) mass is 489 g/mol. The van der Waals surface area contributed by atoms with Crippen molar-refractivity contribution in [2.45, 2.75) is 39.0 Å². The number of nitrogens with one attached hydrogen (secondary N) is 2. The summed E-state index contributed by atoms with van der Waals surface area (Å²) in [4.78, 5) is 39.8. The predicted molar refractivity (Wildman–Crippen MR) is 135 cm³/mol. The van der Waals surface area contributed by atoms with Gasteiger partial charge in [0.25, 0.3) is 5.91 Å². The molecule has 0 aromatic heterocycles. The number of nitrogens with zero attached hydrogens (tertiary/aromatic N) is 1. The second-order valence-electron chi connectivity index (χ2n) is 9.13. The molecule has 0 radical (unpaired) electrons. The van der Waals surface area contributed by atoms with E-state index < -0.39 is 30.0 Å².